The highest BCUT2D eigenvalue weighted by Gasteiger charge is 2.15. The second kappa shape index (κ2) is 3.97. The van der Waals surface area contributed by atoms with Gasteiger partial charge in [-0.15, -0.1) is 0 Å². The Morgan fingerprint density at radius 3 is 1.73 bits per heavy atom. The number of rotatable bonds is 2. The fourth-order valence-electron chi connectivity index (χ4n) is 1.65. The summed E-state index contributed by atoms with van der Waals surface area (Å²) in [7, 11) is 0. The lowest BCUT2D eigenvalue weighted by atomic mass is 9.86. The Balaban J connectivity index is 2.82. The van der Waals surface area contributed by atoms with E-state index in [0.717, 1.165) is 6.42 Å². The SMILES string of the molecule is CC(C)(N)Cc1ccc(C(C)(C)C)cc1. The van der Waals surface area contributed by atoms with Crippen molar-refractivity contribution in [2.24, 2.45) is 5.73 Å². The first kappa shape index (κ1) is 12.3. The Morgan fingerprint density at radius 1 is 0.933 bits per heavy atom. The molecule has 0 fully saturated rings. The Kier molecular flexibility index (Phi) is 3.25. The van der Waals surface area contributed by atoms with E-state index in [-0.39, 0.29) is 11.0 Å². The molecule has 1 aromatic rings. The van der Waals surface area contributed by atoms with E-state index in [9.17, 15) is 0 Å². The summed E-state index contributed by atoms with van der Waals surface area (Å²) in [6.07, 6.45) is 0.928. The highest BCUT2D eigenvalue weighted by atomic mass is 14.7. The van der Waals surface area contributed by atoms with E-state index in [1.54, 1.807) is 0 Å². The van der Waals surface area contributed by atoms with Gasteiger partial charge in [-0.3, -0.25) is 0 Å². The maximum Gasteiger partial charge on any atom is 0.0138 e. The normalized spacial score (nSPS) is 12.9. The van der Waals surface area contributed by atoms with Gasteiger partial charge in [-0.25, -0.2) is 0 Å². The molecule has 2 N–H and O–H groups in total. The maximum atomic E-state index is 5.99. The second-order valence-corrected chi connectivity index (χ2v) is 6.11. The van der Waals surface area contributed by atoms with Gasteiger partial charge in [-0.1, -0.05) is 45.0 Å². The molecule has 0 unspecified atom stereocenters. The smallest absolute Gasteiger partial charge is 0.0138 e. The number of hydrogen-bond donors (Lipinski definition) is 1. The summed E-state index contributed by atoms with van der Waals surface area (Å²) < 4.78 is 0. The molecule has 0 heterocycles. The summed E-state index contributed by atoms with van der Waals surface area (Å²) in [6.45, 7) is 10.8. The van der Waals surface area contributed by atoms with Crippen molar-refractivity contribution in [3.05, 3.63) is 35.4 Å². The van der Waals surface area contributed by atoms with E-state index in [1.165, 1.54) is 11.1 Å². The van der Waals surface area contributed by atoms with Crippen molar-refractivity contribution in [2.45, 2.75) is 52.0 Å². The van der Waals surface area contributed by atoms with Crippen LogP contribution in [0.4, 0.5) is 0 Å². The van der Waals surface area contributed by atoms with Crippen molar-refractivity contribution in [1.29, 1.82) is 0 Å². The Bertz CT molecular complexity index is 309. The number of benzene rings is 1. The van der Waals surface area contributed by atoms with Gasteiger partial charge in [-0.05, 0) is 36.8 Å². The zero-order valence-corrected chi connectivity index (χ0v) is 10.6. The van der Waals surface area contributed by atoms with Crippen molar-refractivity contribution >= 4 is 0 Å². The minimum absolute atomic E-state index is 0.122. The Hall–Kier alpha value is -0.820. The summed E-state index contributed by atoms with van der Waals surface area (Å²) in [5.41, 5.74) is 8.79. The topological polar surface area (TPSA) is 26.0 Å². The quantitative estimate of drug-likeness (QED) is 0.788. The fraction of sp³-hybridized carbons (Fsp3) is 0.571. The van der Waals surface area contributed by atoms with Crippen molar-refractivity contribution in [2.75, 3.05) is 0 Å². The lowest BCUT2D eigenvalue weighted by Crippen LogP contribution is -2.34. The van der Waals surface area contributed by atoms with Gasteiger partial charge in [0, 0.05) is 5.54 Å². The molecule has 0 aliphatic carbocycles. The van der Waals surface area contributed by atoms with Crippen LogP contribution in [-0.4, -0.2) is 5.54 Å². The van der Waals surface area contributed by atoms with Gasteiger partial charge in [0.15, 0.2) is 0 Å². The molecule has 0 spiro atoms. The lowest BCUT2D eigenvalue weighted by molar-refractivity contribution is 0.516. The van der Waals surface area contributed by atoms with Crippen LogP contribution in [0.3, 0.4) is 0 Å². The molecular weight excluding hydrogens is 182 g/mol. The summed E-state index contributed by atoms with van der Waals surface area (Å²) in [5, 5.41) is 0. The van der Waals surface area contributed by atoms with E-state index in [1.807, 2.05) is 0 Å². The van der Waals surface area contributed by atoms with Gasteiger partial charge < -0.3 is 5.73 Å². The molecule has 0 aliphatic rings. The van der Waals surface area contributed by atoms with E-state index in [2.05, 4.69) is 58.9 Å². The zero-order chi connectivity index (χ0) is 11.7. The summed E-state index contributed by atoms with van der Waals surface area (Å²) >= 11 is 0. The Morgan fingerprint density at radius 2 is 1.40 bits per heavy atom. The summed E-state index contributed by atoms with van der Waals surface area (Å²) in [6, 6.07) is 8.80. The molecule has 0 aliphatic heterocycles. The summed E-state index contributed by atoms with van der Waals surface area (Å²) in [4.78, 5) is 0. The molecule has 0 aromatic heterocycles. The highest BCUT2D eigenvalue weighted by Crippen LogP contribution is 2.22. The van der Waals surface area contributed by atoms with Crippen LogP contribution in [0.2, 0.25) is 0 Å². The summed E-state index contributed by atoms with van der Waals surface area (Å²) in [5.74, 6) is 0. The Labute approximate surface area is 93.7 Å². The first-order chi connectivity index (χ1) is 6.68. The molecule has 0 amide bonds. The third kappa shape index (κ3) is 4.05. The molecule has 1 nitrogen and oxygen atoms in total. The molecule has 1 rings (SSSR count). The van der Waals surface area contributed by atoms with Crippen molar-refractivity contribution in [3.63, 3.8) is 0 Å². The van der Waals surface area contributed by atoms with Crippen LogP contribution in [0.5, 0.6) is 0 Å². The molecule has 0 saturated heterocycles. The monoisotopic (exact) mass is 205 g/mol. The first-order valence-electron chi connectivity index (χ1n) is 5.57. The highest BCUT2D eigenvalue weighted by molar-refractivity contribution is 5.28. The number of nitrogens with two attached hydrogens (primary N) is 1. The van der Waals surface area contributed by atoms with Gasteiger partial charge in [0.2, 0.25) is 0 Å². The van der Waals surface area contributed by atoms with E-state index in [0.29, 0.717) is 0 Å². The third-order valence-electron chi connectivity index (χ3n) is 2.48. The minimum Gasteiger partial charge on any atom is -0.325 e. The molecule has 15 heavy (non-hydrogen) atoms. The van der Waals surface area contributed by atoms with Gasteiger partial charge in [0.05, 0.1) is 0 Å². The molecule has 0 radical (unpaired) electrons. The molecule has 1 heteroatoms. The molecule has 1 aromatic carbocycles. The van der Waals surface area contributed by atoms with E-state index in [4.69, 9.17) is 5.73 Å². The van der Waals surface area contributed by atoms with Gasteiger partial charge >= 0.3 is 0 Å². The second-order valence-electron chi connectivity index (χ2n) is 6.11. The average Bonchev–Trinajstić information content (AvgIpc) is 2.00. The zero-order valence-electron chi connectivity index (χ0n) is 10.6. The van der Waals surface area contributed by atoms with Crippen LogP contribution in [0.25, 0.3) is 0 Å². The van der Waals surface area contributed by atoms with Crippen LogP contribution < -0.4 is 5.73 Å². The van der Waals surface area contributed by atoms with Gasteiger partial charge in [-0.2, -0.15) is 0 Å². The first-order valence-corrected chi connectivity index (χ1v) is 5.57. The minimum atomic E-state index is -0.122. The maximum absolute atomic E-state index is 5.99. The van der Waals surface area contributed by atoms with Crippen molar-refractivity contribution in [1.82, 2.24) is 0 Å². The van der Waals surface area contributed by atoms with Gasteiger partial charge in [0.25, 0.3) is 0 Å². The van der Waals surface area contributed by atoms with E-state index >= 15 is 0 Å². The fourth-order valence-corrected chi connectivity index (χ4v) is 1.65. The molecular formula is C14H23N. The third-order valence-corrected chi connectivity index (χ3v) is 2.48. The molecule has 0 saturated carbocycles. The van der Waals surface area contributed by atoms with Gasteiger partial charge in [0.1, 0.15) is 0 Å². The molecule has 0 bridgehead atoms. The lowest BCUT2D eigenvalue weighted by Gasteiger charge is -2.21. The standard InChI is InChI=1S/C14H23N/c1-13(2,3)12-8-6-11(7-9-12)10-14(4,5)15/h6-9H,10,15H2,1-5H3. The predicted molar refractivity (Wildman–Crippen MR) is 67.1 cm³/mol. The van der Waals surface area contributed by atoms with Crippen LogP contribution >= 0.6 is 0 Å². The molecule has 0 atom stereocenters. The van der Waals surface area contributed by atoms with Crippen LogP contribution in [0, 0.1) is 0 Å². The van der Waals surface area contributed by atoms with Crippen molar-refractivity contribution in [3.8, 4) is 0 Å². The largest absolute Gasteiger partial charge is 0.325 e. The number of hydrogen-bond acceptors (Lipinski definition) is 1. The average molecular weight is 205 g/mol. The van der Waals surface area contributed by atoms with Crippen molar-refractivity contribution < 1.29 is 0 Å². The van der Waals surface area contributed by atoms with E-state index < -0.39 is 0 Å². The van der Waals surface area contributed by atoms with Crippen LogP contribution in [0.15, 0.2) is 24.3 Å². The van der Waals surface area contributed by atoms with Crippen LogP contribution in [-0.2, 0) is 11.8 Å². The van der Waals surface area contributed by atoms with Crippen LogP contribution in [0.1, 0.15) is 45.7 Å². The molecule has 84 valence electrons. The predicted octanol–water partition coefficient (Wildman–Crippen LogP) is 3.26.